The fourth-order valence-corrected chi connectivity index (χ4v) is 0.223. The Hall–Kier alpha value is -1.25. The number of carbonyl (C=O) groups excluding carboxylic acids is 1. The van der Waals surface area contributed by atoms with E-state index < -0.39 is 6.09 Å². The summed E-state index contributed by atoms with van der Waals surface area (Å²) in [5.74, 6) is 0. The van der Waals surface area contributed by atoms with Gasteiger partial charge in [0.1, 0.15) is 6.61 Å². The summed E-state index contributed by atoms with van der Waals surface area (Å²) >= 11 is 0. The molecule has 0 heterocycles. The van der Waals surface area contributed by atoms with Crippen molar-refractivity contribution < 1.29 is 9.53 Å². The van der Waals surface area contributed by atoms with Crippen molar-refractivity contribution in [3.8, 4) is 0 Å². The second kappa shape index (κ2) is 3.72. The lowest BCUT2D eigenvalue weighted by Gasteiger charge is -1.97. The van der Waals surface area contributed by atoms with Crippen molar-refractivity contribution in [2.24, 2.45) is 5.73 Å². The van der Waals surface area contributed by atoms with E-state index in [1.165, 1.54) is 6.08 Å². The normalized spacial score (nSPS) is 8.00. The Balaban J connectivity index is 3.39. The van der Waals surface area contributed by atoms with Crippen LogP contribution < -0.4 is 5.73 Å². The summed E-state index contributed by atoms with van der Waals surface area (Å²) < 4.78 is 4.36. The van der Waals surface area contributed by atoms with Gasteiger partial charge in [0.2, 0.25) is 0 Å². The third kappa shape index (κ3) is 4.61. The fourth-order valence-electron chi connectivity index (χ4n) is 0.223. The van der Waals surface area contributed by atoms with Crippen molar-refractivity contribution in [3.05, 3.63) is 24.8 Å². The van der Waals surface area contributed by atoms with E-state index >= 15 is 0 Å². The first-order valence-corrected chi connectivity index (χ1v) is 2.39. The Bertz CT molecular complexity index is 140. The van der Waals surface area contributed by atoms with Gasteiger partial charge in [-0.15, -0.1) is 0 Å². The number of primary amides is 1. The van der Waals surface area contributed by atoms with E-state index in [0.29, 0.717) is 5.57 Å². The van der Waals surface area contributed by atoms with Crippen LogP contribution in [0.4, 0.5) is 4.79 Å². The quantitative estimate of drug-likeness (QED) is 0.571. The van der Waals surface area contributed by atoms with E-state index in [4.69, 9.17) is 0 Å². The minimum Gasteiger partial charge on any atom is -0.445 e. The summed E-state index contributed by atoms with van der Waals surface area (Å²) in [5.41, 5.74) is 5.29. The van der Waals surface area contributed by atoms with Gasteiger partial charge in [0.05, 0.1) is 0 Å². The Kier molecular flexibility index (Phi) is 3.20. The Morgan fingerprint density at radius 2 is 2.33 bits per heavy atom. The van der Waals surface area contributed by atoms with Gasteiger partial charge in [0.15, 0.2) is 0 Å². The molecule has 0 fully saturated rings. The van der Waals surface area contributed by atoms with Gasteiger partial charge >= 0.3 is 6.09 Å². The SMILES string of the molecule is C=CC(=C)COC(N)=O. The monoisotopic (exact) mass is 127 g/mol. The highest BCUT2D eigenvalue weighted by Gasteiger charge is 1.91. The molecule has 0 aromatic carbocycles. The molecule has 0 aromatic heterocycles. The number of ether oxygens (including phenoxy) is 1. The first-order chi connectivity index (χ1) is 4.16. The van der Waals surface area contributed by atoms with E-state index in [0.717, 1.165) is 0 Å². The lowest BCUT2D eigenvalue weighted by molar-refractivity contribution is 0.167. The number of amides is 1. The second-order valence-corrected chi connectivity index (χ2v) is 1.47. The molecule has 0 rings (SSSR count). The lowest BCUT2D eigenvalue weighted by atomic mass is 10.3. The van der Waals surface area contributed by atoms with Gasteiger partial charge in [-0.25, -0.2) is 4.79 Å². The zero-order valence-electron chi connectivity index (χ0n) is 5.09. The van der Waals surface area contributed by atoms with Crippen LogP contribution in [0.1, 0.15) is 0 Å². The van der Waals surface area contributed by atoms with Crippen molar-refractivity contribution in [1.29, 1.82) is 0 Å². The van der Waals surface area contributed by atoms with E-state index in [2.05, 4.69) is 23.6 Å². The molecule has 0 unspecified atom stereocenters. The largest absolute Gasteiger partial charge is 0.445 e. The summed E-state index contributed by atoms with van der Waals surface area (Å²) in [5, 5.41) is 0. The van der Waals surface area contributed by atoms with E-state index in [-0.39, 0.29) is 6.61 Å². The molecule has 0 atom stereocenters. The van der Waals surface area contributed by atoms with Gasteiger partial charge in [-0.2, -0.15) is 0 Å². The van der Waals surface area contributed by atoms with Crippen LogP contribution in [0, 0.1) is 0 Å². The molecule has 0 aliphatic rings. The van der Waals surface area contributed by atoms with Gasteiger partial charge in [0.25, 0.3) is 0 Å². The predicted octanol–water partition coefficient (Wildman–Crippen LogP) is 0.824. The van der Waals surface area contributed by atoms with Crippen LogP contribution >= 0.6 is 0 Å². The van der Waals surface area contributed by atoms with Crippen molar-refractivity contribution in [3.63, 3.8) is 0 Å². The summed E-state index contributed by atoms with van der Waals surface area (Å²) in [6.45, 7) is 7.03. The second-order valence-electron chi connectivity index (χ2n) is 1.47. The lowest BCUT2D eigenvalue weighted by Crippen LogP contribution is -2.13. The topological polar surface area (TPSA) is 52.3 Å². The third-order valence-corrected chi connectivity index (χ3v) is 0.688. The summed E-state index contributed by atoms with van der Waals surface area (Å²) in [6, 6.07) is 0. The maximum atomic E-state index is 9.94. The molecule has 0 saturated heterocycles. The van der Waals surface area contributed by atoms with Gasteiger partial charge < -0.3 is 10.5 Å². The van der Waals surface area contributed by atoms with E-state index in [1.54, 1.807) is 0 Å². The molecule has 0 aromatic rings. The number of rotatable bonds is 3. The van der Waals surface area contributed by atoms with Crippen LogP contribution in [0.3, 0.4) is 0 Å². The number of hydrogen-bond acceptors (Lipinski definition) is 2. The third-order valence-electron chi connectivity index (χ3n) is 0.688. The maximum Gasteiger partial charge on any atom is 0.404 e. The average molecular weight is 127 g/mol. The van der Waals surface area contributed by atoms with Crippen LogP contribution in [0.15, 0.2) is 24.8 Å². The van der Waals surface area contributed by atoms with Crippen LogP contribution in [-0.4, -0.2) is 12.7 Å². The van der Waals surface area contributed by atoms with Crippen LogP contribution in [0.25, 0.3) is 0 Å². The van der Waals surface area contributed by atoms with Gasteiger partial charge in [0, 0.05) is 0 Å². The molecule has 3 heteroatoms. The summed E-state index contributed by atoms with van der Waals surface area (Å²) in [7, 11) is 0. The Morgan fingerprint density at radius 3 is 2.67 bits per heavy atom. The highest BCUT2D eigenvalue weighted by molar-refractivity contribution is 5.64. The molecule has 50 valence electrons. The molecule has 0 aliphatic heterocycles. The van der Waals surface area contributed by atoms with Gasteiger partial charge in [-0.3, -0.25) is 0 Å². The van der Waals surface area contributed by atoms with E-state index in [9.17, 15) is 4.79 Å². The first-order valence-electron chi connectivity index (χ1n) is 2.39. The van der Waals surface area contributed by atoms with Crippen molar-refractivity contribution in [1.82, 2.24) is 0 Å². The van der Waals surface area contributed by atoms with Crippen LogP contribution in [0.2, 0.25) is 0 Å². The van der Waals surface area contributed by atoms with Gasteiger partial charge in [-0.05, 0) is 5.57 Å². The molecule has 0 radical (unpaired) electrons. The predicted molar refractivity (Wildman–Crippen MR) is 34.9 cm³/mol. The van der Waals surface area contributed by atoms with Gasteiger partial charge in [-0.1, -0.05) is 19.2 Å². The van der Waals surface area contributed by atoms with Crippen molar-refractivity contribution >= 4 is 6.09 Å². The molecule has 0 aliphatic carbocycles. The number of carbonyl (C=O) groups is 1. The molecule has 0 saturated carbocycles. The minimum atomic E-state index is -0.794. The summed E-state index contributed by atoms with van der Waals surface area (Å²) in [6.07, 6.45) is 0.709. The molecule has 3 nitrogen and oxygen atoms in total. The molecular weight excluding hydrogens is 118 g/mol. The highest BCUT2D eigenvalue weighted by Crippen LogP contribution is 1.90. The Labute approximate surface area is 53.8 Å². The molecule has 0 bridgehead atoms. The van der Waals surface area contributed by atoms with E-state index in [1.807, 2.05) is 0 Å². The van der Waals surface area contributed by atoms with Crippen LogP contribution in [0.5, 0.6) is 0 Å². The average Bonchev–Trinajstić information content (AvgIpc) is 1.83. The number of hydrogen-bond donors (Lipinski definition) is 1. The van der Waals surface area contributed by atoms with Crippen LogP contribution in [-0.2, 0) is 4.74 Å². The molecule has 2 N–H and O–H groups in total. The molecule has 1 amide bonds. The number of nitrogens with two attached hydrogens (primary N) is 1. The smallest absolute Gasteiger partial charge is 0.404 e. The Morgan fingerprint density at radius 1 is 1.78 bits per heavy atom. The highest BCUT2D eigenvalue weighted by atomic mass is 16.5. The molecule has 9 heavy (non-hydrogen) atoms. The minimum absolute atomic E-state index is 0.124. The fraction of sp³-hybridized carbons (Fsp3) is 0.167. The zero-order chi connectivity index (χ0) is 7.28. The standard InChI is InChI=1S/C6H9NO2/c1-3-5(2)4-9-6(7)8/h3H,1-2,4H2,(H2,7,8). The van der Waals surface area contributed by atoms with Crippen molar-refractivity contribution in [2.75, 3.05) is 6.61 Å². The van der Waals surface area contributed by atoms with Crippen molar-refractivity contribution in [2.45, 2.75) is 0 Å². The first kappa shape index (κ1) is 7.75. The maximum absolute atomic E-state index is 9.94. The zero-order valence-corrected chi connectivity index (χ0v) is 5.09. The molecular formula is C6H9NO2. The summed E-state index contributed by atoms with van der Waals surface area (Å²) in [4.78, 5) is 9.94. The molecule has 0 spiro atoms.